The summed E-state index contributed by atoms with van der Waals surface area (Å²) >= 11 is 0. The number of benzene rings is 1. The fraction of sp³-hybridized carbons (Fsp3) is 0.143. The fourth-order valence-corrected chi connectivity index (χ4v) is 2.20. The molecule has 1 unspecified atom stereocenters. The van der Waals surface area contributed by atoms with Gasteiger partial charge in [-0.15, -0.1) is 0 Å². The van der Waals surface area contributed by atoms with Crippen molar-refractivity contribution in [2.24, 2.45) is 0 Å². The Morgan fingerprint density at radius 2 is 2.20 bits per heavy atom. The zero-order chi connectivity index (χ0) is 6.97. The lowest BCUT2D eigenvalue weighted by Crippen LogP contribution is -1.89. The SMILES string of the molecule is O=[PH]1COc2ccccc21. The summed E-state index contributed by atoms with van der Waals surface area (Å²) in [5.74, 6) is 0.798. The molecule has 10 heavy (non-hydrogen) atoms. The van der Waals surface area contributed by atoms with Gasteiger partial charge in [-0.1, -0.05) is 12.1 Å². The monoisotopic (exact) mass is 154 g/mol. The maximum atomic E-state index is 11.1. The molecule has 0 saturated carbocycles. The van der Waals surface area contributed by atoms with E-state index in [0.29, 0.717) is 6.35 Å². The van der Waals surface area contributed by atoms with Crippen LogP contribution in [-0.4, -0.2) is 6.35 Å². The molecule has 1 aromatic carbocycles. The Hall–Kier alpha value is -0.750. The van der Waals surface area contributed by atoms with Crippen LogP contribution in [0.25, 0.3) is 0 Å². The van der Waals surface area contributed by atoms with Crippen LogP contribution in [0.2, 0.25) is 0 Å². The topological polar surface area (TPSA) is 26.3 Å². The molecule has 0 aromatic heterocycles. The van der Waals surface area contributed by atoms with E-state index in [2.05, 4.69) is 0 Å². The number of fused-ring (bicyclic) bond motifs is 1. The van der Waals surface area contributed by atoms with Crippen LogP contribution in [0.15, 0.2) is 24.3 Å². The van der Waals surface area contributed by atoms with E-state index in [0.717, 1.165) is 11.1 Å². The molecule has 1 heterocycles. The number of ether oxygens (including phenoxy) is 1. The van der Waals surface area contributed by atoms with Crippen LogP contribution in [-0.2, 0) is 4.57 Å². The van der Waals surface area contributed by atoms with Gasteiger partial charge in [0.25, 0.3) is 0 Å². The molecule has 0 amide bonds. The Bertz CT molecular complexity index is 283. The summed E-state index contributed by atoms with van der Waals surface area (Å²) < 4.78 is 16.3. The van der Waals surface area contributed by atoms with Gasteiger partial charge in [0, 0.05) is 0 Å². The predicted octanol–water partition coefficient (Wildman–Crippen LogP) is 1.22. The van der Waals surface area contributed by atoms with Crippen molar-refractivity contribution < 1.29 is 9.30 Å². The van der Waals surface area contributed by atoms with Gasteiger partial charge in [-0.05, 0) is 12.1 Å². The largest absolute Gasteiger partial charge is 0.485 e. The first-order valence-electron chi connectivity index (χ1n) is 3.13. The standard InChI is InChI=1S/C7H7O2P/c8-10-5-9-6-3-1-2-4-7(6)10/h1-4,10H,5H2. The summed E-state index contributed by atoms with van der Waals surface area (Å²) in [7, 11) is -1.59. The van der Waals surface area contributed by atoms with E-state index in [1.807, 2.05) is 24.3 Å². The molecule has 1 aliphatic heterocycles. The molecule has 0 aliphatic carbocycles. The van der Waals surface area contributed by atoms with Crippen LogP contribution in [0.1, 0.15) is 0 Å². The number of hydrogen-bond donors (Lipinski definition) is 0. The highest BCUT2D eigenvalue weighted by Crippen LogP contribution is 2.32. The zero-order valence-corrected chi connectivity index (χ0v) is 6.33. The average Bonchev–Trinajstić information content (AvgIpc) is 2.34. The minimum Gasteiger partial charge on any atom is -0.485 e. The molecule has 1 aromatic rings. The van der Waals surface area contributed by atoms with Crippen molar-refractivity contribution in [3.8, 4) is 5.75 Å². The zero-order valence-electron chi connectivity index (χ0n) is 5.33. The highest BCUT2D eigenvalue weighted by Gasteiger charge is 2.17. The van der Waals surface area contributed by atoms with E-state index >= 15 is 0 Å². The van der Waals surface area contributed by atoms with Gasteiger partial charge < -0.3 is 9.30 Å². The highest BCUT2D eigenvalue weighted by atomic mass is 31.1. The summed E-state index contributed by atoms with van der Waals surface area (Å²) in [5, 5.41) is 0.896. The molecule has 0 spiro atoms. The van der Waals surface area contributed by atoms with Gasteiger partial charge in [0.05, 0.1) is 5.30 Å². The third kappa shape index (κ3) is 0.764. The van der Waals surface area contributed by atoms with Crippen molar-refractivity contribution in [3.63, 3.8) is 0 Å². The molecule has 0 fully saturated rings. The minimum atomic E-state index is -1.59. The maximum Gasteiger partial charge on any atom is 0.143 e. The highest BCUT2D eigenvalue weighted by molar-refractivity contribution is 7.54. The lowest BCUT2D eigenvalue weighted by Gasteiger charge is -1.92. The van der Waals surface area contributed by atoms with Gasteiger partial charge in [0.2, 0.25) is 0 Å². The summed E-state index contributed by atoms with van der Waals surface area (Å²) in [6, 6.07) is 7.49. The van der Waals surface area contributed by atoms with Crippen molar-refractivity contribution in [3.05, 3.63) is 24.3 Å². The molecule has 0 N–H and O–H groups in total. The molecule has 0 radical (unpaired) electrons. The Labute approximate surface area is 59.6 Å². The van der Waals surface area contributed by atoms with Crippen molar-refractivity contribution in [1.82, 2.24) is 0 Å². The van der Waals surface area contributed by atoms with E-state index in [1.54, 1.807) is 0 Å². The normalized spacial score (nSPS) is 21.8. The van der Waals surface area contributed by atoms with Crippen LogP contribution < -0.4 is 10.0 Å². The van der Waals surface area contributed by atoms with Crippen molar-refractivity contribution in [2.75, 3.05) is 6.35 Å². The smallest absolute Gasteiger partial charge is 0.143 e. The molecular formula is C7H7O2P. The van der Waals surface area contributed by atoms with Crippen LogP contribution in [0, 0.1) is 0 Å². The van der Waals surface area contributed by atoms with Gasteiger partial charge in [-0.2, -0.15) is 0 Å². The first-order chi connectivity index (χ1) is 4.88. The molecule has 0 saturated heterocycles. The Balaban J connectivity index is 2.61. The summed E-state index contributed by atoms with van der Waals surface area (Å²) in [6.07, 6.45) is 0.393. The molecule has 1 atom stereocenters. The van der Waals surface area contributed by atoms with Gasteiger partial charge in [0.15, 0.2) is 0 Å². The quantitative estimate of drug-likeness (QED) is 0.525. The summed E-state index contributed by atoms with van der Waals surface area (Å²) in [4.78, 5) is 0. The molecule has 2 nitrogen and oxygen atoms in total. The van der Waals surface area contributed by atoms with E-state index in [1.165, 1.54) is 0 Å². The van der Waals surface area contributed by atoms with E-state index in [4.69, 9.17) is 4.74 Å². The second kappa shape index (κ2) is 2.14. The summed E-state index contributed by atoms with van der Waals surface area (Å²) in [6.45, 7) is 0. The van der Waals surface area contributed by atoms with Crippen LogP contribution in [0.3, 0.4) is 0 Å². The first kappa shape index (κ1) is 5.99. The Kier molecular flexibility index (Phi) is 1.28. The van der Waals surface area contributed by atoms with Gasteiger partial charge in [0.1, 0.15) is 19.9 Å². The van der Waals surface area contributed by atoms with Crippen molar-refractivity contribution in [1.29, 1.82) is 0 Å². The molecule has 3 heteroatoms. The molecule has 2 rings (SSSR count). The van der Waals surface area contributed by atoms with Crippen molar-refractivity contribution in [2.45, 2.75) is 0 Å². The lowest BCUT2D eigenvalue weighted by atomic mass is 10.3. The molecular weight excluding hydrogens is 147 g/mol. The maximum absolute atomic E-state index is 11.1. The summed E-state index contributed by atoms with van der Waals surface area (Å²) in [5.41, 5.74) is 0. The van der Waals surface area contributed by atoms with E-state index in [9.17, 15) is 4.57 Å². The Morgan fingerprint density at radius 3 is 3.00 bits per heavy atom. The lowest BCUT2D eigenvalue weighted by molar-refractivity contribution is 0.397. The average molecular weight is 154 g/mol. The van der Waals surface area contributed by atoms with Crippen LogP contribution in [0.4, 0.5) is 0 Å². The third-order valence-corrected chi connectivity index (χ3v) is 2.97. The van der Waals surface area contributed by atoms with Gasteiger partial charge in [-0.25, -0.2) is 0 Å². The minimum absolute atomic E-state index is 0.393. The number of rotatable bonds is 0. The van der Waals surface area contributed by atoms with Crippen molar-refractivity contribution >= 4 is 13.1 Å². The molecule has 52 valence electrons. The number of para-hydroxylation sites is 1. The molecule has 0 bridgehead atoms. The first-order valence-corrected chi connectivity index (χ1v) is 4.74. The van der Waals surface area contributed by atoms with Gasteiger partial charge >= 0.3 is 0 Å². The fourth-order valence-electron chi connectivity index (χ4n) is 1.04. The second-order valence-corrected chi connectivity index (χ2v) is 3.88. The van der Waals surface area contributed by atoms with Gasteiger partial charge in [-0.3, -0.25) is 0 Å². The third-order valence-electron chi connectivity index (χ3n) is 1.55. The Morgan fingerprint density at radius 1 is 1.40 bits per heavy atom. The molecule has 1 aliphatic rings. The van der Waals surface area contributed by atoms with E-state index in [-0.39, 0.29) is 0 Å². The predicted molar refractivity (Wildman–Crippen MR) is 40.6 cm³/mol. The van der Waals surface area contributed by atoms with E-state index < -0.39 is 7.80 Å². The van der Waals surface area contributed by atoms with Crippen LogP contribution in [0.5, 0.6) is 5.75 Å². The second-order valence-electron chi connectivity index (χ2n) is 2.21. The number of hydrogen-bond acceptors (Lipinski definition) is 2. The van der Waals surface area contributed by atoms with Crippen LogP contribution >= 0.6 is 7.80 Å².